The number of rotatable bonds is 3. The molecular weight excluding hydrogens is 346 g/mol. The first-order chi connectivity index (χ1) is 12.8. The molecule has 0 N–H and O–H groups in total. The van der Waals surface area contributed by atoms with Crippen LogP contribution in [0.3, 0.4) is 0 Å². The summed E-state index contributed by atoms with van der Waals surface area (Å²) in [6.07, 6.45) is 1.64. The van der Waals surface area contributed by atoms with Gasteiger partial charge in [0.15, 0.2) is 11.4 Å². The number of piperazine rings is 1. The van der Waals surface area contributed by atoms with Crippen LogP contribution in [0.2, 0.25) is 0 Å². The molecule has 0 amide bonds. The molecule has 1 aromatic carbocycles. The average molecular weight is 365 g/mol. The predicted molar refractivity (Wildman–Crippen MR) is 104 cm³/mol. The van der Waals surface area contributed by atoms with E-state index >= 15 is 0 Å². The predicted octanol–water partition coefficient (Wildman–Crippen LogP) is 3.46. The molecule has 0 spiro atoms. The van der Waals surface area contributed by atoms with Crippen molar-refractivity contribution in [1.82, 2.24) is 19.9 Å². The van der Waals surface area contributed by atoms with Gasteiger partial charge in [0.05, 0.1) is 10.7 Å². The van der Waals surface area contributed by atoms with Crippen LogP contribution in [0.25, 0.3) is 22.1 Å². The lowest BCUT2D eigenvalue weighted by Crippen LogP contribution is -2.46. The van der Waals surface area contributed by atoms with Crippen LogP contribution in [0.4, 0.5) is 5.82 Å². The number of anilines is 1. The van der Waals surface area contributed by atoms with Crippen molar-refractivity contribution in [2.75, 3.05) is 31.1 Å². The van der Waals surface area contributed by atoms with E-state index in [-0.39, 0.29) is 0 Å². The Labute approximate surface area is 155 Å². The fourth-order valence-corrected chi connectivity index (χ4v) is 4.17. The van der Waals surface area contributed by atoms with E-state index in [0.717, 1.165) is 65.6 Å². The van der Waals surface area contributed by atoms with Crippen molar-refractivity contribution in [3.63, 3.8) is 0 Å². The van der Waals surface area contributed by atoms with Gasteiger partial charge in [-0.2, -0.15) is 0 Å². The number of aryl methyl sites for hydroxylation is 1. The van der Waals surface area contributed by atoms with Gasteiger partial charge in [-0.05, 0) is 19.1 Å². The minimum absolute atomic E-state index is 0.789. The SMILES string of the molecule is Cc1nc(CN2CCN(c3ncnc4c3oc3ccccc34)CC2)cs1. The van der Waals surface area contributed by atoms with Crippen LogP contribution in [-0.4, -0.2) is 46.0 Å². The van der Waals surface area contributed by atoms with Crippen molar-refractivity contribution in [3.05, 3.63) is 46.7 Å². The van der Waals surface area contributed by atoms with Crippen LogP contribution in [0.5, 0.6) is 0 Å². The van der Waals surface area contributed by atoms with E-state index in [2.05, 4.69) is 37.1 Å². The van der Waals surface area contributed by atoms with Gasteiger partial charge in [0, 0.05) is 43.5 Å². The number of thiazole rings is 1. The Balaban J connectivity index is 1.38. The van der Waals surface area contributed by atoms with E-state index in [1.54, 1.807) is 17.7 Å². The average Bonchev–Trinajstić information content (AvgIpc) is 3.25. The Bertz CT molecular complexity index is 1060. The molecule has 0 unspecified atom stereocenters. The fraction of sp³-hybridized carbons (Fsp3) is 0.316. The van der Waals surface area contributed by atoms with Crippen molar-refractivity contribution < 1.29 is 4.42 Å². The molecule has 0 saturated carbocycles. The summed E-state index contributed by atoms with van der Waals surface area (Å²) in [5.41, 5.74) is 3.72. The number of hydrogen-bond acceptors (Lipinski definition) is 7. The van der Waals surface area contributed by atoms with E-state index < -0.39 is 0 Å². The molecule has 4 aromatic rings. The molecule has 1 aliphatic heterocycles. The molecular formula is C19H19N5OS. The van der Waals surface area contributed by atoms with E-state index in [9.17, 15) is 0 Å². The summed E-state index contributed by atoms with van der Waals surface area (Å²) >= 11 is 1.72. The second-order valence-corrected chi connectivity index (χ2v) is 7.66. The molecule has 0 aliphatic carbocycles. The molecule has 0 bridgehead atoms. The molecule has 1 saturated heterocycles. The molecule has 1 aliphatic rings. The number of para-hydroxylation sites is 1. The minimum atomic E-state index is 0.789. The summed E-state index contributed by atoms with van der Waals surface area (Å²) in [5, 5.41) is 4.33. The zero-order valence-electron chi connectivity index (χ0n) is 14.6. The van der Waals surface area contributed by atoms with Gasteiger partial charge in [-0.1, -0.05) is 12.1 Å². The minimum Gasteiger partial charge on any atom is -0.450 e. The van der Waals surface area contributed by atoms with Gasteiger partial charge < -0.3 is 9.32 Å². The third-order valence-electron chi connectivity index (χ3n) is 4.86. The smallest absolute Gasteiger partial charge is 0.196 e. The number of nitrogens with zero attached hydrogens (tertiary/aromatic N) is 5. The van der Waals surface area contributed by atoms with Crippen LogP contribution in [0.15, 0.2) is 40.4 Å². The summed E-state index contributed by atoms with van der Waals surface area (Å²) in [7, 11) is 0. The van der Waals surface area contributed by atoms with Gasteiger partial charge in [0.2, 0.25) is 0 Å². The molecule has 4 heterocycles. The Morgan fingerprint density at radius 2 is 1.96 bits per heavy atom. The van der Waals surface area contributed by atoms with Gasteiger partial charge in [-0.3, -0.25) is 4.90 Å². The van der Waals surface area contributed by atoms with E-state index in [4.69, 9.17) is 4.42 Å². The summed E-state index contributed by atoms with van der Waals surface area (Å²) in [6.45, 7) is 6.80. The number of benzene rings is 1. The lowest BCUT2D eigenvalue weighted by molar-refractivity contribution is 0.247. The lowest BCUT2D eigenvalue weighted by atomic mass is 10.2. The summed E-state index contributed by atoms with van der Waals surface area (Å²) in [6, 6.07) is 8.02. The van der Waals surface area contributed by atoms with Gasteiger partial charge in [0.25, 0.3) is 0 Å². The van der Waals surface area contributed by atoms with Crippen LogP contribution in [0, 0.1) is 6.92 Å². The molecule has 5 rings (SSSR count). The standard InChI is InChI=1S/C19H19N5OS/c1-13-22-14(11-26-13)10-23-6-8-24(9-7-23)19-18-17(20-12-21-19)15-4-2-3-5-16(15)25-18/h2-5,11-12H,6-10H2,1H3. The molecule has 0 radical (unpaired) electrons. The van der Waals surface area contributed by atoms with Gasteiger partial charge >= 0.3 is 0 Å². The van der Waals surface area contributed by atoms with Gasteiger partial charge in [-0.15, -0.1) is 11.3 Å². The van der Waals surface area contributed by atoms with Crippen molar-refractivity contribution in [1.29, 1.82) is 0 Å². The topological polar surface area (TPSA) is 58.3 Å². The van der Waals surface area contributed by atoms with E-state index in [1.165, 1.54) is 5.69 Å². The highest BCUT2D eigenvalue weighted by Crippen LogP contribution is 2.32. The summed E-state index contributed by atoms with van der Waals surface area (Å²) < 4.78 is 6.07. The second-order valence-electron chi connectivity index (χ2n) is 6.59. The van der Waals surface area contributed by atoms with Crippen LogP contribution >= 0.6 is 11.3 Å². The van der Waals surface area contributed by atoms with Crippen LogP contribution < -0.4 is 4.90 Å². The Morgan fingerprint density at radius 3 is 2.77 bits per heavy atom. The monoisotopic (exact) mass is 365 g/mol. The highest BCUT2D eigenvalue weighted by atomic mass is 32.1. The quantitative estimate of drug-likeness (QED) is 0.554. The van der Waals surface area contributed by atoms with E-state index in [1.807, 2.05) is 24.3 Å². The summed E-state index contributed by atoms with van der Waals surface area (Å²) in [4.78, 5) is 18.3. The number of fused-ring (bicyclic) bond motifs is 3. The van der Waals surface area contributed by atoms with Crippen molar-refractivity contribution in [3.8, 4) is 0 Å². The van der Waals surface area contributed by atoms with Crippen molar-refractivity contribution in [2.45, 2.75) is 13.5 Å². The zero-order chi connectivity index (χ0) is 17.5. The highest BCUT2D eigenvalue weighted by Gasteiger charge is 2.23. The lowest BCUT2D eigenvalue weighted by Gasteiger charge is -2.34. The highest BCUT2D eigenvalue weighted by molar-refractivity contribution is 7.09. The first kappa shape index (κ1) is 15.7. The van der Waals surface area contributed by atoms with Crippen molar-refractivity contribution in [2.24, 2.45) is 0 Å². The van der Waals surface area contributed by atoms with Crippen LogP contribution in [-0.2, 0) is 6.54 Å². The maximum absolute atomic E-state index is 6.07. The zero-order valence-corrected chi connectivity index (χ0v) is 15.4. The molecule has 6 nitrogen and oxygen atoms in total. The molecule has 0 atom stereocenters. The first-order valence-electron chi connectivity index (χ1n) is 8.78. The van der Waals surface area contributed by atoms with Gasteiger partial charge in [-0.25, -0.2) is 15.0 Å². The normalized spacial score (nSPS) is 16.0. The first-order valence-corrected chi connectivity index (χ1v) is 9.66. The Hall–Kier alpha value is -2.51. The summed E-state index contributed by atoms with van der Waals surface area (Å²) in [5.74, 6) is 0.898. The number of aromatic nitrogens is 3. The molecule has 3 aromatic heterocycles. The number of hydrogen-bond donors (Lipinski definition) is 0. The maximum Gasteiger partial charge on any atom is 0.196 e. The van der Waals surface area contributed by atoms with Crippen molar-refractivity contribution >= 4 is 39.2 Å². The fourth-order valence-electron chi connectivity index (χ4n) is 3.56. The third-order valence-corrected chi connectivity index (χ3v) is 5.69. The molecule has 132 valence electrons. The Kier molecular flexibility index (Phi) is 3.83. The van der Waals surface area contributed by atoms with Gasteiger partial charge in [0.1, 0.15) is 17.4 Å². The third kappa shape index (κ3) is 2.73. The van der Waals surface area contributed by atoms with E-state index in [0.29, 0.717) is 0 Å². The molecule has 26 heavy (non-hydrogen) atoms. The van der Waals surface area contributed by atoms with Crippen LogP contribution in [0.1, 0.15) is 10.7 Å². The largest absolute Gasteiger partial charge is 0.450 e. The molecule has 7 heteroatoms. The number of furan rings is 1. The second kappa shape index (κ2) is 6.34. The maximum atomic E-state index is 6.07. The Morgan fingerprint density at radius 1 is 1.12 bits per heavy atom. The molecule has 1 fully saturated rings.